The molecule has 4 nitrogen and oxygen atoms in total. The number of ether oxygens (including phenoxy) is 1. The number of rotatable bonds is 7. The molecule has 0 aliphatic carbocycles. The molecule has 1 heterocycles. The fourth-order valence-corrected chi connectivity index (χ4v) is 4.19. The van der Waals surface area contributed by atoms with E-state index in [1.165, 1.54) is 29.2 Å². The molecular formula is C25H28N2O2. The SMILES string of the molecule is CCOc1ccc(C(=O)NC[C@H](c2cccc3ccccc23)N2CCCC2)cc1. The fraction of sp³-hybridized carbons (Fsp3) is 0.320. The van der Waals surface area contributed by atoms with Crippen LogP contribution < -0.4 is 10.1 Å². The second-order valence-electron chi connectivity index (χ2n) is 7.49. The maximum Gasteiger partial charge on any atom is 0.251 e. The van der Waals surface area contributed by atoms with E-state index in [0.717, 1.165) is 18.8 Å². The third kappa shape index (κ3) is 4.43. The minimum atomic E-state index is -0.0440. The molecule has 0 spiro atoms. The van der Waals surface area contributed by atoms with E-state index in [1.807, 2.05) is 31.2 Å². The van der Waals surface area contributed by atoms with Gasteiger partial charge < -0.3 is 10.1 Å². The van der Waals surface area contributed by atoms with Crippen molar-refractivity contribution in [2.24, 2.45) is 0 Å². The highest BCUT2D eigenvalue weighted by atomic mass is 16.5. The third-order valence-electron chi connectivity index (χ3n) is 5.65. The summed E-state index contributed by atoms with van der Waals surface area (Å²) in [6.45, 7) is 5.32. The molecule has 1 N–H and O–H groups in total. The quantitative estimate of drug-likeness (QED) is 0.632. The van der Waals surface area contributed by atoms with Crippen LogP contribution in [-0.2, 0) is 0 Å². The standard InChI is InChI=1S/C25H28N2O2/c1-2-29-21-14-12-20(13-15-21)25(28)26-18-24(27-16-5-6-17-27)23-11-7-9-19-8-3-4-10-22(19)23/h3-4,7-15,24H,2,5-6,16-18H2,1H3,(H,26,28)/t24-/m1/s1. The van der Waals surface area contributed by atoms with Gasteiger partial charge in [0.05, 0.1) is 12.6 Å². The lowest BCUT2D eigenvalue weighted by molar-refractivity contribution is 0.0938. The zero-order valence-electron chi connectivity index (χ0n) is 16.9. The van der Waals surface area contributed by atoms with Gasteiger partial charge in [-0.2, -0.15) is 0 Å². The van der Waals surface area contributed by atoms with Gasteiger partial charge in [-0.3, -0.25) is 9.69 Å². The Morgan fingerprint density at radius 3 is 2.48 bits per heavy atom. The number of nitrogens with zero attached hydrogens (tertiary/aromatic N) is 1. The van der Waals surface area contributed by atoms with Gasteiger partial charge in [-0.1, -0.05) is 42.5 Å². The summed E-state index contributed by atoms with van der Waals surface area (Å²) >= 11 is 0. The average Bonchev–Trinajstić information content (AvgIpc) is 3.29. The van der Waals surface area contributed by atoms with Crippen molar-refractivity contribution >= 4 is 16.7 Å². The van der Waals surface area contributed by atoms with E-state index in [1.54, 1.807) is 0 Å². The van der Waals surface area contributed by atoms with E-state index in [2.05, 4.69) is 52.7 Å². The first-order valence-electron chi connectivity index (χ1n) is 10.5. The second-order valence-corrected chi connectivity index (χ2v) is 7.49. The number of amides is 1. The van der Waals surface area contributed by atoms with Crippen molar-refractivity contribution in [2.45, 2.75) is 25.8 Å². The molecule has 0 radical (unpaired) electrons. The zero-order chi connectivity index (χ0) is 20.1. The van der Waals surface area contributed by atoms with Gasteiger partial charge in [0.1, 0.15) is 5.75 Å². The first-order valence-corrected chi connectivity index (χ1v) is 10.5. The number of carbonyl (C=O) groups excluding carboxylic acids is 1. The van der Waals surface area contributed by atoms with Crippen LogP contribution in [0.15, 0.2) is 66.7 Å². The van der Waals surface area contributed by atoms with Crippen LogP contribution in [0.5, 0.6) is 5.75 Å². The van der Waals surface area contributed by atoms with Crippen molar-refractivity contribution in [2.75, 3.05) is 26.2 Å². The Kier molecular flexibility index (Phi) is 6.11. The molecule has 1 atom stereocenters. The van der Waals surface area contributed by atoms with Crippen molar-refractivity contribution in [1.29, 1.82) is 0 Å². The number of hydrogen-bond acceptors (Lipinski definition) is 3. The lowest BCUT2D eigenvalue weighted by Gasteiger charge is -2.29. The minimum Gasteiger partial charge on any atom is -0.494 e. The van der Waals surface area contributed by atoms with Crippen molar-refractivity contribution in [1.82, 2.24) is 10.2 Å². The van der Waals surface area contributed by atoms with Gasteiger partial charge >= 0.3 is 0 Å². The molecule has 4 rings (SSSR count). The van der Waals surface area contributed by atoms with Crippen LogP contribution in [0, 0.1) is 0 Å². The molecule has 3 aromatic carbocycles. The zero-order valence-corrected chi connectivity index (χ0v) is 16.9. The second kappa shape index (κ2) is 9.10. The van der Waals surface area contributed by atoms with Crippen LogP contribution in [0.4, 0.5) is 0 Å². The number of benzene rings is 3. The molecule has 1 aliphatic heterocycles. The Labute approximate surface area is 172 Å². The highest BCUT2D eigenvalue weighted by molar-refractivity contribution is 5.94. The van der Waals surface area contributed by atoms with Crippen LogP contribution in [0.25, 0.3) is 10.8 Å². The number of nitrogens with one attached hydrogen (secondary N) is 1. The fourth-order valence-electron chi connectivity index (χ4n) is 4.19. The predicted molar refractivity (Wildman–Crippen MR) is 117 cm³/mol. The number of likely N-dealkylation sites (tertiary alicyclic amines) is 1. The predicted octanol–water partition coefficient (Wildman–Crippen LogP) is 4.81. The summed E-state index contributed by atoms with van der Waals surface area (Å²) in [5.74, 6) is 0.743. The van der Waals surface area contributed by atoms with Crippen LogP contribution in [0.3, 0.4) is 0 Å². The van der Waals surface area contributed by atoms with Gasteiger partial charge in [0.25, 0.3) is 5.91 Å². The molecule has 1 aliphatic rings. The van der Waals surface area contributed by atoms with Crippen LogP contribution in [0.2, 0.25) is 0 Å². The number of carbonyl (C=O) groups is 1. The summed E-state index contributed by atoms with van der Waals surface area (Å²) in [6, 6.07) is 22.5. The third-order valence-corrected chi connectivity index (χ3v) is 5.65. The van der Waals surface area contributed by atoms with Gasteiger partial charge in [0, 0.05) is 12.1 Å². The van der Waals surface area contributed by atoms with Crippen LogP contribution in [0.1, 0.15) is 41.7 Å². The van der Waals surface area contributed by atoms with Gasteiger partial charge in [-0.25, -0.2) is 0 Å². The Hall–Kier alpha value is -2.85. The van der Waals surface area contributed by atoms with Crippen LogP contribution >= 0.6 is 0 Å². The summed E-state index contributed by atoms with van der Waals surface area (Å²) < 4.78 is 5.47. The van der Waals surface area contributed by atoms with E-state index in [0.29, 0.717) is 18.7 Å². The Morgan fingerprint density at radius 1 is 1.00 bits per heavy atom. The Bertz CT molecular complexity index is 957. The molecule has 0 unspecified atom stereocenters. The van der Waals surface area contributed by atoms with Gasteiger partial charge in [-0.05, 0) is 73.5 Å². The van der Waals surface area contributed by atoms with Gasteiger partial charge in [0.15, 0.2) is 0 Å². The number of hydrogen-bond donors (Lipinski definition) is 1. The van der Waals surface area contributed by atoms with Crippen molar-refractivity contribution in [3.05, 3.63) is 77.9 Å². The van der Waals surface area contributed by atoms with Gasteiger partial charge in [0.2, 0.25) is 0 Å². The summed E-state index contributed by atoms with van der Waals surface area (Å²) in [4.78, 5) is 15.3. The molecule has 1 amide bonds. The molecular weight excluding hydrogens is 360 g/mol. The maximum absolute atomic E-state index is 12.8. The first kappa shape index (κ1) is 19.5. The molecule has 3 aromatic rings. The maximum atomic E-state index is 12.8. The molecule has 0 aromatic heterocycles. The molecule has 1 saturated heterocycles. The Balaban J connectivity index is 1.54. The highest BCUT2D eigenvalue weighted by Gasteiger charge is 2.25. The topological polar surface area (TPSA) is 41.6 Å². The summed E-state index contributed by atoms with van der Waals surface area (Å²) in [7, 11) is 0. The highest BCUT2D eigenvalue weighted by Crippen LogP contribution is 2.30. The molecule has 0 bridgehead atoms. The normalized spacial score (nSPS) is 15.3. The van der Waals surface area contributed by atoms with Crippen molar-refractivity contribution in [3.63, 3.8) is 0 Å². The lowest BCUT2D eigenvalue weighted by atomic mass is 9.97. The summed E-state index contributed by atoms with van der Waals surface area (Å²) in [5, 5.41) is 5.68. The Morgan fingerprint density at radius 2 is 1.72 bits per heavy atom. The average molecular weight is 389 g/mol. The lowest BCUT2D eigenvalue weighted by Crippen LogP contribution is -2.36. The van der Waals surface area contributed by atoms with Crippen molar-refractivity contribution < 1.29 is 9.53 Å². The largest absolute Gasteiger partial charge is 0.494 e. The summed E-state index contributed by atoms with van der Waals surface area (Å²) in [5.41, 5.74) is 1.95. The van der Waals surface area contributed by atoms with E-state index in [4.69, 9.17) is 4.74 Å². The molecule has 29 heavy (non-hydrogen) atoms. The molecule has 150 valence electrons. The smallest absolute Gasteiger partial charge is 0.251 e. The summed E-state index contributed by atoms with van der Waals surface area (Å²) in [6.07, 6.45) is 2.43. The minimum absolute atomic E-state index is 0.0440. The molecule has 0 saturated carbocycles. The van der Waals surface area contributed by atoms with Crippen molar-refractivity contribution in [3.8, 4) is 5.75 Å². The number of fused-ring (bicyclic) bond motifs is 1. The molecule has 4 heteroatoms. The van der Waals surface area contributed by atoms with E-state index < -0.39 is 0 Å². The monoisotopic (exact) mass is 388 g/mol. The van der Waals surface area contributed by atoms with Crippen LogP contribution in [-0.4, -0.2) is 37.0 Å². The van der Waals surface area contributed by atoms with E-state index >= 15 is 0 Å². The first-order chi connectivity index (χ1) is 14.3. The van der Waals surface area contributed by atoms with E-state index in [9.17, 15) is 4.79 Å². The van der Waals surface area contributed by atoms with E-state index in [-0.39, 0.29) is 11.9 Å². The van der Waals surface area contributed by atoms with Gasteiger partial charge in [-0.15, -0.1) is 0 Å². The molecule has 1 fully saturated rings.